The Labute approximate surface area is 89.1 Å². The molecule has 0 heterocycles. The fourth-order valence-corrected chi connectivity index (χ4v) is 2.44. The van der Waals surface area contributed by atoms with E-state index in [0.29, 0.717) is 0 Å². The predicted molar refractivity (Wildman–Crippen MR) is 62.1 cm³/mol. The summed E-state index contributed by atoms with van der Waals surface area (Å²) >= 11 is 0. The van der Waals surface area contributed by atoms with Crippen LogP contribution in [0.2, 0.25) is 19.6 Å². The average molecular weight is 216 g/mol. The molecule has 0 radical (unpaired) electrons. The summed E-state index contributed by atoms with van der Waals surface area (Å²) in [6.45, 7) is 10.6. The first-order chi connectivity index (χ1) is 6.47. The number of hydrogen-bond donors (Lipinski definition) is 0. The summed E-state index contributed by atoms with van der Waals surface area (Å²) < 4.78 is 11.5. The van der Waals surface area contributed by atoms with Crippen molar-refractivity contribution in [2.75, 3.05) is 13.2 Å². The summed E-state index contributed by atoms with van der Waals surface area (Å²) in [5.74, 6) is 0. The van der Waals surface area contributed by atoms with Gasteiger partial charge in [0.25, 0.3) is 0 Å². The lowest BCUT2D eigenvalue weighted by Gasteiger charge is -2.19. The molecule has 0 N–H and O–H groups in total. The van der Waals surface area contributed by atoms with Crippen molar-refractivity contribution in [3.8, 4) is 0 Å². The summed E-state index contributed by atoms with van der Waals surface area (Å²) in [6.07, 6.45) is 4.86. The molecule has 0 spiro atoms. The van der Waals surface area contributed by atoms with Crippen molar-refractivity contribution in [3.05, 3.63) is 0 Å². The first kappa shape index (κ1) is 12.2. The van der Waals surface area contributed by atoms with Crippen molar-refractivity contribution in [2.45, 2.75) is 57.8 Å². The van der Waals surface area contributed by atoms with Crippen LogP contribution in [0.5, 0.6) is 0 Å². The highest BCUT2D eigenvalue weighted by atomic mass is 28.4. The van der Waals surface area contributed by atoms with Crippen LogP contribution in [0.3, 0.4) is 0 Å². The van der Waals surface area contributed by atoms with E-state index in [1.165, 1.54) is 19.3 Å². The topological polar surface area (TPSA) is 18.5 Å². The molecule has 1 rings (SSSR count). The standard InChI is InChI=1S/C11H24O2Si/c1-5-12-11(8-9-11)7-6-10-13-14(2,3)4/h5-10H2,1-4H3. The summed E-state index contributed by atoms with van der Waals surface area (Å²) in [6, 6.07) is 0. The van der Waals surface area contributed by atoms with Crippen molar-refractivity contribution < 1.29 is 9.16 Å². The number of ether oxygens (including phenoxy) is 1. The monoisotopic (exact) mass is 216 g/mol. The molecule has 0 aliphatic heterocycles. The molecular weight excluding hydrogens is 192 g/mol. The van der Waals surface area contributed by atoms with E-state index in [9.17, 15) is 0 Å². The van der Waals surface area contributed by atoms with Gasteiger partial charge in [0.1, 0.15) is 0 Å². The molecule has 0 unspecified atom stereocenters. The van der Waals surface area contributed by atoms with Crippen molar-refractivity contribution >= 4 is 8.32 Å². The van der Waals surface area contributed by atoms with E-state index >= 15 is 0 Å². The summed E-state index contributed by atoms with van der Waals surface area (Å²) in [4.78, 5) is 0. The third-order valence-corrected chi connectivity index (χ3v) is 3.64. The lowest BCUT2D eigenvalue weighted by molar-refractivity contribution is 0.0314. The molecule has 0 bridgehead atoms. The minimum absolute atomic E-state index is 0.261. The van der Waals surface area contributed by atoms with E-state index < -0.39 is 8.32 Å². The summed E-state index contributed by atoms with van der Waals surface area (Å²) in [7, 11) is -1.29. The average Bonchev–Trinajstić information content (AvgIpc) is 2.79. The molecule has 0 atom stereocenters. The SMILES string of the molecule is CCOC1(CCCO[Si](C)(C)C)CC1. The van der Waals surface area contributed by atoms with Crippen LogP contribution >= 0.6 is 0 Å². The molecule has 0 aromatic rings. The second kappa shape index (κ2) is 4.77. The van der Waals surface area contributed by atoms with Crippen molar-refractivity contribution in [2.24, 2.45) is 0 Å². The predicted octanol–water partition coefficient (Wildman–Crippen LogP) is 3.19. The van der Waals surface area contributed by atoms with Crippen LogP contribution in [0.25, 0.3) is 0 Å². The summed E-state index contributed by atoms with van der Waals surface area (Å²) in [5.41, 5.74) is 0.261. The van der Waals surface area contributed by atoms with Crippen LogP contribution in [-0.2, 0) is 9.16 Å². The minimum atomic E-state index is -1.29. The molecular formula is C11H24O2Si. The van der Waals surface area contributed by atoms with Gasteiger partial charge in [-0.3, -0.25) is 0 Å². The first-order valence-corrected chi connectivity index (χ1v) is 9.16. The highest BCUT2D eigenvalue weighted by Crippen LogP contribution is 2.43. The van der Waals surface area contributed by atoms with Gasteiger partial charge in [-0.05, 0) is 52.2 Å². The van der Waals surface area contributed by atoms with E-state index in [2.05, 4.69) is 26.6 Å². The minimum Gasteiger partial charge on any atom is -0.418 e. The highest BCUT2D eigenvalue weighted by Gasteiger charge is 2.42. The van der Waals surface area contributed by atoms with Gasteiger partial charge in [0.2, 0.25) is 0 Å². The molecule has 0 aromatic carbocycles. The molecule has 3 heteroatoms. The Morgan fingerprint density at radius 1 is 1.21 bits per heavy atom. The van der Waals surface area contributed by atoms with Crippen LogP contribution < -0.4 is 0 Å². The van der Waals surface area contributed by atoms with Gasteiger partial charge in [0.05, 0.1) is 5.60 Å². The Morgan fingerprint density at radius 2 is 1.86 bits per heavy atom. The van der Waals surface area contributed by atoms with E-state index in [-0.39, 0.29) is 5.60 Å². The molecule has 14 heavy (non-hydrogen) atoms. The van der Waals surface area contributed by atoms with E-state index in [0.717, 1.165) is 19.6 Å². The van der Waals surface area contributed by atoms with Gasteiger partial charge in [-0.25, -0.2) is 0 Å². The molecule has 1 aliphatic rings. The fraction of sp³-hybridized carbons (Fsp3) is 1.00. The maximum Gasteiger partial charge on any atom is 0.183 e. The molecule has 84 valence electrons. The number of hydrogen-bond acceptors (Lipinski definition) is 2. The van der Waals surface area contributed by atoms with Crippen LogP contribution in [0.4, 0.5) is 0 Å². The molecule has 1 saturated carbocycles. The van der Waals surface area contributed by atoms with Gasteiger partial charge < -0.3 is 9.16 Å². The van der Waals surface area contributed by atoms with Crippen molar-refractivity contribution in [1.29, 1.82) is 0 Å². The van der Waals surface area contributed by atoms with Gasteiger partial charge >= 0.3 is 0 Å². The molecule has 0 saturated heterocycles. The highest BCUT2D eigenvalue weighted by molar-refractivity contribution is 6.69. The second-order valence-electron chi connectivity index (χ2n) is 5.18. The van der Waals surface area contributed by atoms with Gasteiger partial charge in [-0.2, -0.15) is 0 Å². The van der Waals surface area contributed by atoms with Gasteiger partial charge in [-0.15, -0.1) is 0 Å². The van der Waals surface area contributed by atoms with Gasteiger partial charge in [0.15, 0.2) is 8.32 Å². The van der Waals surface area contributed by atoms with Gasteiger partial charge in [-0.1, -0.05) is 0 Å². The van der Waals surface area contributed by atoms with Crippen molar-refractivity contribution in [1.82, 2.24) is 0 Å². The van der Waals surface area contributed by atoms with E-state index in [1.54, 1.807) is 0 Å². The van der Waals surface area contributed by atoms with Gasteiger partial charge in [0, 0.05) is 13.2 Å². The maximum absolute atomic E-state index is 5.81. The Kier molecular flexibility index (Phi) is 4.16. The van der Waals surface area contributed by atoms with E-state index in [1.807, 2.05) is 0 Å². The van der Waals surface area contributed by atoms with Crippen LogP contribution in [0, 0.1) is 0 Å². The lowest BCUT2D eigenvalue weighted by atomic mass is 10.2. The van der Waals surface area contributed by atoms with Crippen molar-refractivity contribution in [3.63, 3.8) is 0 Å². The third-order valence-electron chi connectivity index (χ3n) is 2.57. The largest absolute Gasteiger partial charge is 0.418 e. The Morgan fingerprint density at radius 3 is 2.29 bits per heavy atom. The molecule has 2 nitrogen and oxygen atoms in total. The molecule has 1 aliphatic carbocycles. The quantitative estimate of drug-likeness (QED) is 0.481. The Bertz CT molecular complexity index is 171. The second-order valence-corrected chi connectivity index (χ2v) is 9.69. The molecule has 0 aromatic heterocycles. The zero-order valence-electron chi connectivity index (χ0n) is 10.1. The zero-order valence-corrected chi connectivity index (χ0v) is 11.1. The Balaban J connectivity index is 2.04. The maximum atomic E-state index is 5.81. The summed E-state index contributed by atoms with van der Waals surface area (Å²) in [5, 5.41) is 0. The third kappa shape index (κ3) is 4.58. The van der Waals surface area contributed by atoms with Crippen LogP contribution in [-0.4, -0.2) is 27.1 Å². The van der Waals surface area contributed by atoms with E-state index in [4.69, 9.17) is 9.16 Å². The first-order valence-electron chi connectivity index (χ1n) is 5.75. The zero-order chi connectivity index (χ0) is 10.7. The molecule has 0 amide bonds. The Hall–Kier alpha value is 0.137. The van der Waals surface area contributed by atoms with Crippen LogP contribution in [0.15, 0.2) is 0 Å². The molecule has 1 fully saturated rings. The smallest absolute Gasteiger partial charge is 0.183 e. The number of rotatable bonds is 7. The fourth-order valence-electron chi connectivity index (χ4n) is 1.68. The normalized spacial score (nSPS) is 19.7. The lowest BCUT2D eigenvalue weighted by Crippen LogP contribution is -2.26. The van der Waals surface area contributed by atoms with Crippen LogP contribution in [0.1, 0.15) is 32.6 Å².